The molecule has 0 radical (unpaired) electrons. The standard InChI is InChI=1S/C89H106F2O4.2CH3.Hf/c1-52-36-64(90)48-72(70-44-62(88(21,22)50-82(3,4)5)46-74(78(70)92)76-66-40-58(84(9,10)11)30-26-54(66)38-55-27-31-59(41-67(55)76)85(12,13)14)80(52)94-34-25-35-95-81-53(2)37-65(91)49-73(81)71-45-63(89(23,24)51-83(6,7)8)47-75(79(71)93)77-68-42-60(86(15,16)17)32-28-56(68)39-57-29-33-61(43-69(57)77)87(18,19)20;;;/h26-33,36-49,92-93H,25,34-35,50-51H2,1-24H3;2*1H3;/q;2*-1;. The normalized spacial score (nSPS) is 12.8. The smallest absolute Gasteiger partial charge is 0.131 e. The van der Waals surface area contributed by atoms with Gasteiger partial charge in [-0.05, 0) is 243 Å². The molecule has 0 amide bonds. The van der Waals surface area contributed by atoms with E-state index in [0.717, 1.165) is 78.2 Å². The van der Waals surface area contributed by atoms with Crippen molar-refractivity contribution in [2.24, 2.45) is 10.8 Å². The maximum Gasteiger partial charge on any atom is 0.131 e. The molecule has 2 N–H and O–H groups in total. The van der Waals surface area contributed by atoms with Crippen molar-refractivity contribution >= 4 is 43.1 Å². The molecule has 0 atom stereocenters. The molecule has 0 aliphatic heterocycles. The number of halogens is 2. The van der Waals surface area contributed by atoms with Crippen LogP contribution in [0.4, 0.5) is 8.78 Å². The summed E-state index contributed by atoms with van der Waals surface area (Å²) in [5.41, 5.74) is 11.5. The fourth-order valence-electron chi connectivity index (χ4n) is 15.0. The van der Waals surface area contributed by atoms with Crippen LogP contribution in [0, 0.1) is 51.2 Å². The zero-order valence-corrected chi connectivity index (χ0v) is 67.8. The first-order valence-corrected chi connectivity index (χ1v) is 34.5. The van der Waals surface area contributed by atoms with Gasteiger partial charge in [0.15, 0.2) is 0 Å². The summed E-state index contributed by atoms with van der Waals surface area (Å²) >= 11 is 0. The predicted molar refractivity (Wildman–Crippen MR) is 415 cm³/mol. The van der Waals surface area contributed by atoms with Gasteiger partial charge in [0.1, 0.15) is 34.6 Å². The van der Waals surface area contributed by atoms with Crippen molar-refractivity contribution in [1.29, 1.82) is 0 Å². The molecule has 0 spiro atoms. The van der Waals surface area contributed by atoms with Crippen LogP contribution in [0.25, 0.3) is 87.6 Å². The van der Waals surface area contributed by atoms with E-state index in [0.29, 0.717) is 62.4 Å². The zero-order valence-electron chi connectivity index (χ0n) is 64.2. The van der Waals surface area contributed by atoms with E-state index in [-0.39, 0.29) is 109 Å². The minimum atomic E-state index is -0.441. The molecule has 0 saturated heterocycles. The molecule has 4 nitrogen and oxygen atoms in total. The van der Waals surface area contributed by atoms with Gasteiger partial charge in [0, 0.05) is 76.8 Å². The molecule has 520 valence electrons. The van der Waals surface area contributed by atoms with Crippen molar-refractivity contribution in [1.82, 2.24) is 0 Å². The van der Waals surface area contributed by atoms with Crippen LogP contribution in [0.2, 0.25) is 0 Å². The van der Waals surface area contributed by atoms with Crippen molar-refractivity contribution in [2.75, 3.05) is 13.2 Å². The van der Waals surface area contributed by atoms with Gasteiger partial charge in [-0.25, -0.2) is 8.78 Å². The van der Waals surface area contributed by atoms with E-state index in [1.165, 1.54) is 46.5 Å². The van der Waals surface area contributed by atoms with E-state index in [1.807, 2.05) is 13.8 Å². The molecular formula is C91H112F2HfO4-2. The minimum absolute atomic E-state index is 0. The van der Waals surface area contributed by atoms with Crippen molar-refractivity contribution < 1.29 is 54.3 Å². The summed E-state index contributed by atoms with van der Waals surface area (Å²) in [7, 11) is 0. The molecule has 10 aromatic rings. The van der Waals surface area contributed by atoms with Gasteiger partial charge in [-0.2, -0.15) is 0 Å². The van der Waals surface area contributed by atoms with E-state index in [2.05, 4.69) is 262 Å². The first-order valence-electron chi connectivity index (χ1n) is 34.5. The monoisotopic (exact) mass is 1490 g/mol. The van der Waals surface area contributed by atoms with Gasteiger partial charge in [-0.3, -0.25) is 0 Å². The average molecular weight is 1490 g/mol. The number of benzene rings is 10. The Balaban J connectivity index is 0.00000451. The number of aryl methyl sites for hydroxylation is 2. The molecule has 0 aliphatic rings. The molecule has 10 aromatic carbocycles. The maximum atomic E-state index is 16.4. The maximum absolute atomic E-state index is 16.4. The molecular weight excluding hydrogens is 1370 g/mol. The molecule has 10 rings (SSSR count). The Morgan fingerprint density at radius 2 is 0.592 bits per heavy atom. The van der Waals surface area contributed by atoms with Gasteiger partial charge in [0.05, 0.1) is 13.2 Å². The number of aromatic hydroxyl groups is 2. The van der Waals surface area contributed by atoms with Gasteiger partial charge in [-0.15, -0.1) is 0 Å². The predicted octanol–water partition coefficient (Wildman–Crippen LogP) is 26.6. The van der Waals surface area contributed by atoms with Gasteiger partial charge in [-0.1, -0.05) is 201 Å². The van der Waals surface area contributed by atoms with Crippen LogP contribution in [0.1, 0.15) is 216 Å². The second-order valence-electron chi connectivity index (χ2n) is 35.6. The first kappa shape index (κ1) is 78.5. The van der Waals surface area contributed by atoms with Crippen molar-refractivity contribution in [3.63, 3.8) is 0 Å². The quantitative estimate of drug-likeness (QED) is 0.0493. The van der Waals surface area contributed by atoms with Crippen LogP contribution in [0.3, 0.4) is 0 Å². The number of rotatable bonds is 14. The minimum Gasteiger partial charge on any atom is -0.507 e. The van der Waals surface area contributed by atoms with Crippen LogP contribution in [0.15, 0.2) is 133 Å². The molecule has 0 fully saturated rings. The van der Waals surface area contributed by atoms with E-state index < -0.39 is 11.6 Å². The Hall–Kier alpha value is -6.83. The molecule has 0 bridgehead atoms. The van der Waals surface area contributed by atoms with Crippen LogP contribution in [0.5, 0.6) is 23.0 Å². The van der Waals surface area contributed by atoms with Gasteiger partial charge in [0.2, 0.25) is 0 Å². The van der Waals surface area contributed by atoms with E-state index in [1.54, 1.807) is 0 Å². The summed E-state index contributed by atoms with van der Waals surface area (Å²) in [6.45, 7) is 53.4. The van der Waals surface area contributed by atoms with Crippen molar-refractivity contribution in [3.05, 3.63) is 204 Å². The summed E-state index contributed by atoms with van der Waals surface area (Å²) in [4.78, 5) is 0. The number of phenolic OH excluding ortho intramolecular Hbond substituents is 2. The number of fused-ring (bicyclic) bond motifs is 4. The molecule has 0 unspecified atom stereocenters. The topological polar surface area (TPSA) is 58.9 Å². The van der Waals surface area contributed by atoms with E-state index in [9.17, 15) is 10.2 Å². The first-order chi connectivity index (χ1) is 43.8. The molecule has 7 heteroatoms. The summed E-state index contributed by atoms with van der Waals surface area (Å²) in [6.07, 6.45) is 2.06. The molecule has 0 saturated carbocycles. The molecule has 0 heterocycles. The van der Waals surface area contributed by atoms with Crippen LogP contribution in [-0.2, 0) is 58.3 Å². The Morgan fingerprint density at radius 1 is 0.327 bits per heavy atom. The fourth-order valence-corrected chi connectivity index (χ4v) is 15.0. The Morgan fingerprint density at radius 3 is 0.847 bits per heavy atom. The molecule has 0 aromatic heterocycles. The number of ether oxygens (including phenoxy) is 2. The van der Waals surface area contributed by atoms with Gasteiger partial charge < -0.3 is 34.5 Å². The number of hydrogen-bond donors (Lipinski definition) is 2. The summed E-state index contributed by atoms with van der Waals surface area (Å²) in [6, 6.07) is 45.8. The van der Waals surface area contributed by atoms with E-state index in [4.69, 9.17) is 9.47 Å². The Bertz CT molecular complexity index is 4200. The number of hydrogen-bond acceptors (Lipinski definition) is 4. The average Bonchev–Trinajstić information content (AvgIpc) is 0.737. The Labute approximate surface area is 607 Å². The fraction of sp³-hybridized carbons (Fsp3) is 0.407. The zero-order chi connectivity index (χ0) is 69.8. The van der Waals surface area contributed by atoms with Crippen molar-refractivity contribution in [2.45, 2.75) is 218 Å². The second kappa shape index (κ2) is 27.9. The third-order valence-corrected chi connectivity index (χ3v) is 19.5. The van der Waals surface area contributed by atoms with Crippen LogP contribution < -0.4 is 9.47 Å². The molecule has 98 heavy (non-hydrogen) atoms. The third kappa shape index (κ3) is 16.5. The van der Waals surface area contributed by atoms with E-state index >= 15 is 8.78 Å². The largest absolute Gasteiger partial charge is 0.507 e. The summed E-state index contributed by atoms with van der Waals surface area (Å²) < 4.78 is 46.5. The molecule has 0 aliphatic carbocycles. The second-order valence-corrected chi connectivity index (χ2v) is 35.6. The Kier molecular flexibility index (Phi) is 22.4. The summed E-state index contributed by atoms with van der Waals surface area (Å²) in [5.74, 6) is 0.129. The SMILES string of the molecule is Cc1cc(F)cc(-c2cc(C(C)(C)CC(C)(C)C)cc(-c3c4cc(C(C)(C)C)ccc4cc4ccc(C(C)(C)C)cc34)c2O)c1OCCCOc1c(C)cc(F)cc1-c1cc(C(C)(C)CC(C)(C)C)cc(-c2c3cc(C(C)(C)C)ccc3cc3ccc(C(C)(C)C)cc23)c1O.[CH3-].[CH3-].[Hf]. The van der Waals surface area contributed by atoms with Crippen molar-refractivity contribution in [3.8, 4) is 67.5 Å². The third-order valence-electron chi connectivity index (χ3n) is 19.5. The van der Waals surface area contributed by atoms with Gasteiger partial charge >= 0.3 is 0 Å². The van der Waals surface area contributed by atoms with Crippen LogP contribution in [-0.4, -0.2) is 23.4 Å². The van der Waals surface area contributed by atoms with Gasteiger partial charge in [0.25, 0.3) is 0 Å². The van der Waals surface area contributed by atoms with Crippen LogP contribution >= 0.6 is 0 Å². The summed E-state index contributed by atoms with van der Waals surface area (Å²) in [5, 5.41) is 35.1. The number of phenols is 2.